The summed E-state index contributed by atoms with van der Waals surface area (Å²) in [6.07, 6.45) is 4.35. The van der Waals surface area contributed by atoms with Gasteiger partial charge >= 0.3 is 0 Å². The zero-order valence-corrected chi connectivity index (χ0v) is 13.7. The zero-order chi connectivity index (χ0) is 17.6. The molecule has 25 heavy (non-hydrogen) atoms. The van der Waals surface area contributed by atoms with Crippen LogP contribution in [0.2, 0.25) is 0 Å². The highest BCUT2D eigenvalue weighted by atomic mass is 16.6. The number of nitro benzene ring substituents is 1. The molecule has 2 N–H and O–H groups in total. The van der Waals surface area contributed by atoms with Crippen LogP contribution in [0.15, 0.2) is 18.2 Å². The number of likely N-dealkylation sites (tertiary alicyclic amines) is 1. The summed E-state index contributed by atoms with van der Waals surface area (Å²) >= 11 is 0. The summed E-state index contributed by atoms with van der Waals surface area (Å²) in [6, 6.07) is 4.85. The number of anilines is 1. The molecular weight excluding hydrogens is 324 g/mol. The number of amides is 2. The van der Waals surface area contributed by atoms with E-state index >= 15 is 0 Å². The van der Waals surface area contributed by atoms with Crippen molar-refractivity contribution in [2.24, 2.45) is 0 Å². The molecule has 0 radical (unpaired) electrons. The predicted octanol–water partition coefficient (Wildman–Crippen LogP) is 1.66. The summed E-state index contributed by atoms with van der Waals surface area (Å²) in [5.74, 6) is -0.184. The second kappa shape index (κ2) is 6.02. The standard InChI is InChI=1S/C17H20N4O4/c22-16-8-12(9-20(16)13-4-5-13)18-14-6-1-10(7-15(14)21(24)25)17(23)19-11-2-3-11/h1,6-7,11-13,18H,2-5,8-9H2,(H,19,23). The number of nitrogens with one attached hydrogen (secondary N) is 2. The number of nitrogens with zero attached hydrogens (tertiary/aromatic N) is 2. The molecule has 2 aliphatic carbocycles. The first-order valence-corrected chi connectivity index (χ1v) is 8.66. The minimum atomic E-state index is -0.494. The molecule has 0 bridgehead atoms. The van der Waals surface area contributed by atoms with Crippen molar-refractivity contribution in [2.45, 2.75) is 50.2 Å². The van der Waals surface area contributed by atoms with Gasteiger partial charge in [-0.1, -0.05) is 0 Å². The zero-order valence-electron chi connectivity index (χ0n) is 13.7. The van der Waals surface area contributed by atoms with Gasteiger partial charge in [0.2, 0.25) is 5.91 Å². The molecule has 3 aliphatic rings. The van der Waals surface area contributed by atoms with Gasteiger partial charge in [0, 0.05) is 36.7 Å². The lowest BCUT2D eigenvalue weighted by atomic mass is 10.1. The van der Waals surface area contributed by atoms with E-state index < -0.39 is 4.92 Å². The Kier molecular flexibility index (Phi) is 3.82. The van der Waals surface area contributed by atoms with Crippen LogP contribution in [0.5, 0.6) is 0 Å². The van der Waals surface area contributed by atoms with Crippen LogP contribution in [0.3, 0.4) is 0 Å². The summed E-state index contributed by atoms with van der Waals surface area (Å²) in [5.41, 5.74) is 0.496. The molecule has 1 heterocycles. The minimum Gasteiger partial charge on any atom is -0.374 e. The molecule has 1 atom stereocenters. The van der Waals surface area contributed by atoms with Crippen molar-refractivity contribution in [1.29, 1.82) is 0 Å². The van der Waals surface area contributed by atoms with Crippen molar-refractivity contribution in [3.8, 4) is 0 Å². The second-order valence-electron chi connectivity index (χ2n) is 7.06. The van der Waals surface area contributed by atoms with Gasteiger partial charge in [-0.05, 0) is 37.8 Å². The Bertz CT molecular complexity index is 742. The molecular formula is C17H20N4O4. The number of hydrogen-bond acceptors (Lipinski definition) is 5. The average molecular weight is 344 g/mol. The van der Waals surface area contributed by atoms with Crippen LogP contribution in [-0.4, -0.2) is 46.3 Å². The van der Waals surface area contributed by atoms with Gasteiger partial charge in [0.1, 0.15) is 5.69 Å². The van der Waals surface area contributed by atoms with E-state index in [0.717, 1.165) is 25.7 Å². The number of rotatable bonds is 6. The lowest BCUT2D eigenvalue weighted by Gasteiger charge is -2.17. The van der Waals surface area contributed by atoms with Crippen LogP contribution in [-0.2, 0) is 4.79 Å². The summed E-state index contributed by atoms with van der Waals surface area (Å²) in [4.78, 5) is 36.9. The van der Waals surface area contributed by atoms with Gasteiger partial charge in [0.15, 0.2) is 0 Å². The van der Waals surface area contributed by atoms with E-state index in [1.807, 2.05) is 4.90 Å². The summed E-state index contributed by atoms with van der Waals surface area (Å²) in [7, 11) is 0. The molecule has 0 aromatic heterocycles. The van der Waals surface area contributed by atoms with Gasteiger partial charge in [-0.3, -0.25) is 19.7 Å². The third-order valence-corrected chi connectivity index (χ3v) is 4.87. The molecule has 2 amide bonds. The predicted molar refractivity (Wildman–Crippen MR) is 90.3 cm³/mol. The molecule has 132 valence electrons. The van der Waals surface area contributed by atoms with Crippen molar-refractivity contribution < 1.29 is 14.5 Å². The maximum atomic E-state index is 12.1. The number of carbonyl (C=O) groups excluding carboxylic acids is 2. The summed E-state index contributed by atoms with van der Waals surface area (Å²) in [5, 5.41) is 17.4. The molecule has 8 heteroatoms. The number of nitro groups is 1. The van der Waals surface area contributed by atoms with Gasteiger partial charge < -0.3 is 15.5 Å². The third-order valence-electron chi connectivity index (χ3n) is 4.87. The van der Waals surface area contributed by atoms with Crippen molar-refractivity contribution in [3.05, 3.63) is 33.9 Å². The Morgan fingerprint density at radius 2 is 1.96 bits per heavy atom. The average Bonchev–Trinajstić information content (AvgIpc) is 3.48. The minimum absolute atomic E-state index is 0.100. The Balaban J connectivity index is 1.49. The molecule has 1 aromatic carbocycles. The molecule has 1 aromatic rings. The van der Waals surface area contributed by atoms with E-state index in [-0.39, 0.29) is 35.1 Å². The lowest BCUT2D eigenvalue weighted by Crippen LogP contribution is -2.30. The molecule has 8 nitrogen and oxygen atoms in total. The van der Waals surface area contributed by atoms with Crippen LogP contribution in [0.4, 0.5) is 11.4 Å². The monoisotopic (exact) mass is 344 g/mol. The molecule has 1 saturated heterocycles. The van der Waals surface area contributed by atoms with E-state index in [9.17, 15) is 19.7 Å². The van der Waals surface area contributed by atoms with Crippen LogP contribution in [0.25, 0.3) is 0 Å². The highest BCUT2D eigenvalue weighted by Gasteiger charge is 2.39. The molecule has 1 unspecified atom stereocenters. The van der Waals surface area contributed by atoms with Crippen molar-refractivity contribution in [1.82, 2.24) is 10.2 Å². The number of hydrogen-bond donors (Lipinski definition) is 2. The molecule has 0 spiro atoms. The lowest BCUT2D eigenvalue weighted by molar-refractivity contribution is -0.384. The van der Waals surface area contributed by atoms with Crippen molar-refractivity contribution >= 4 is 23.2 Å². The Hall–Kier alpha value is -2.64. The van der Waals surface area contributed by atoms with Crippen molar-refractivity contribution in [3.63, 3.8) is 0 Å². The van der Waals surface area contributed by atoms with Crippen LogP contribution in [0, 0.1) is 10.1 Å². The van der Waals surface area contributed by atoms with Crippen molar-refractivity contribution in [2.75, 3.05) is 11.9 Å². The van der Waals surface area contributed by atoms with Crippen LogP contribution >= 0.6 is 0 Å². The van der Waals surface area contributed by atoms with E-state index in [4.69, 9.17) is 0 Å². The smallest absolute Gasteiger partial charge is 0.293 e. The molecule has 4 rings (SSSR count). The van der Waals surface area contributed by atoms with Crippen LogP contribution in [0.1, 0.15) is 42.5 Å². The topological polar surface area (TPSA) is 105 Å². The van der Waals surface area contributed by atoms with Gasteiger partial charge in [0.05, 0.1) is 11.0 Å². The van der Waals surface area contributed by atoms with Crippen LogP contribution < -0.4 is 10.6 Å². The molecule has 3 fully saturated rings. The van der Waals surface area contributed by atoms with Gasteiger partial charge in [-0.25, -0.2) is 0 Å². The molecule has 2 saturated carbocycles. The third kappa shape index (κ3) is 3.42. The van der Waals surface area contributed by atoms with Gasteiger partial charge in [0.25, 0.3) is 11.6 Å². The first-order chi connectivity index (χ1) is 12.0. The summed E-state index contributed by atoms with van der Waals surface area (Å²) in [6.45, 7) is 0.574. The largest absolute Gasteiger partial charge is 0.374 e. The maximum Gasteiger partial charge on any atom is 0.293 e. The highest BCUT2D eigenvalue weighted by molar-refractivity contribution is 5.96. The highest BCUT2D eigenvalue weighted by Crippen LogP contribution is 2.33. The van der Waals surface area contributed by atoms with Gasteiger partial charge in [-0.15, -0.1) is 0 Å². The Morgan fingerprint density at radius 1 is 1.20 bits per heavy atom. The van der Waals surface area contributed by atoms with E-state index in [0.29, 0.717) is 24.7 Å². The first kappa shape index (κ1) is 15.9. The molecule has 1 aliphatic heterocycles. The van der Waals surface area contributed by atoms with E-state index in [1.165, 1.54) is 6.07 Å². The summed E-state index contributed by atoms with van der Waals surface area (Å²) < 4.78 is 0. The Morgan fingerprint density at radius 3 is 2.60 bits per heavy atom. The van der Waals surface area contributed by atoms with E-state index in [1.54, 1.807) is 12.1 Å². The normalized spacial score (nSPS) is 22.8. The fraction of sp³-hybridized carbons (Fsp3) is 0.529. The number of carbonyl (C=O) groups is 2. The second-order valence-corrected chi connectivity index (χ2v) is 7.06. The SMILES string of the molecule is O=C(NC1CC1)c1ccc(NC2CC(=O)N(C3CC3)C2)c([N+](=O)[O-])c1. The number of benzene rings is 1. The quantitative estimate of drug-likeness (QED) is 0.603. The maximum absolute atomic E-state index is 12.1. The first-order valence-electron chi connectivity index (χ1n) is 8.66. The van der Waals surface area contributed by atoms with E-state index in [2.05, 4.69) is 10.6 Å². The fourth-order valence-corrected chi connectivity index (χ4v) is 3.23. The Labute approximate surface area is 144 Å². The fourth-order valence-electron chi connectivity index (χ4n) is 3.23. The van der Waals surface area contributed by atoms with Gasteiger partial charge in [-0.2, -0.15) is 0 Å².